The van der Waals surface area contributed by atoms with Gasteiger partial charge in [0.1, 0.15) is 5.57 Å². The lowest BCUT2D eigenvalue weighted by Crippen LogP contribution is -2.56. The van der Waals surface area contributed by atoms with Gasteiger partial charge in [-0.25, -0.2) is 0 Å². The van der Waals surface area contributed by atoms with Crippen molar-refractivity contribution in [3.63, 3.8) is 0 Å². The van der Waals surface area contributed by atoms with Crippen LogP contribution < -0.4 is 4.90 Å². The van der Waals surface area contributed by atoms with Gasteiger partial charge in [-0.15, -0.1) is 0 Å². The van der Waals surface area contributed by atoms with E-state index in [2.05, 4.69) is 18.4 Å². The molecule has 1 aliphatic rings. The van der Waals surface area contributed by atoms with E-state index in [0.717, 1.165) is 17.0 Å². The van der Waals surface area contributed by atoms with Crippen LogP contribution in [0.15, 0.2) is 35.9 Å². The molecule has 3 rings (SSSR count). The third-order valence-electron chi connectivity index (χ3n) is 5.44. The molecular formula is C23H27N3O4S. The maximum absolute atomic E-state index is 13.4. The molecule has 1 fully saturated rings. The maximum Gasteiger partial charge on any atom is 0.270 e. The third kappa shape index (κ3) is 4.06. The molecule has 0 bridgehead atoms. The normalized spacial score (nSPS) is 16.4. The highest BCUT2D eigenvalue weighted by molar-refractivity contribution is 7.80. The predicted molar refractivity (Wildman–Crippen MR) is 123 cm³/mol. The van der Waals surface area contributed by atoms with E-state index in [0.29, 0.717) is 17.8 Å². The molecule has 0 unspecified atom stereocenters. The van der Waals surface area contributed by atoms with Crippen molar-refractivity contribution in [3.05, 3.63) is 58.4 Å². The van der Waals surface area contributed by atoms with E-state index < -0.39 is 18.1 Å². The van der Waals surface area contributed by atoms with Crippen molar-refractivity contribution in [2.24, 2.45) is 0 Å². The monoisotopic (exact) mass is 441 g/mol. The number of benzene rings is 1. The number of aliphatic hydroxyl groups is 2. The van der Waals surface area contributed by atoms with Crippen molar-refractivity contribution in [3.8, 4) is 0 Å². The molecule has 0 spiro atoms. The Hall–Kier alpha value is -2.81. The summed E-state index contributed by atoms with van der Waals surface area (Å²) in [5.74, 6) is -0.933. The molecule has 1 aliphatic heterocycles. The van der Waals surface area contributed by atoms with Crippen molar-refractivity contribution in [1.82, 2.24) is 9.47 Å². The fraction of sp³-hybridized carbons (Fsp3) is 0.348. The Balaban J connectivity index is 2.10. The van der Waals surface area contributed by atoms with Gasteiger partial charge in [0.2, 0.25) is 0 Å². The number of amides is 2. The summed E-state index contributed by atoms with van der Waals surface area (Å²) >= 11 is 5.45. The molecule has 0 radical (unpaired) electrons. The van der Waals surface area contributed by atoms with Crippen LogP contribution in [0.3, 0.4) is 0 Å². The molecule has 2 heterocycles. The lowest BCUT2D eigenvalue weighted by atomic mass is 10.1. The van der Waals surface area contributed by atoms with Crippen molar-refractivity contribution in [2.75, 3.05) is 11.4 Å². The Labute approximate surface area is 187 Å². The van der Waals surface area contributed by atoms with Crippen LogP contribution in [0.2, 0.25) is 0 Å². The summed E-state index contributed by atoms with van der Waals surface area (Å²) < 4.78 is 2.16. The van der Waals surface area contributed by atoms with E-state index in [4.69, 9.17) is 12.2 Å². The SMILES string of the molecule is CCN1C(=O)C(=Cc2cc(C)n(C(C)C)c2C)C(=O)N(c2ccc(C(O)O)cc2)C1=S. The number of aliphatic hydroxyl groups excluding tert-OH is 1. The Morgan fingerprint density at radius 2 is 1.68 bits per heavy atom. The number of aryl methyl sites for hydroxylation is 1. The summed E-state index contributed by atoms with van der Waals surface area (Å²) in [7, 11) is 0. The highest BCUT2D eigenvalue weighted by atomic mass is 32.1. The van der Waals surface area contributed by atoms with Gasteiger partial charge < -0.3 is 14.8 Å². The number of likely N-dealkylation sites (N-methyl/N-ethyl adjacent to an activating group) is 1. The first-order valence-electron chi connectivity index (χ1n) is 10.1. The van der Waals surface area contributed by atoms with Gasteiger partial charge in [-0.3, -0.25) is 19.4 Å². The summed E-state index contributed by atoms with van der Waals surface area (Å²) in [4.78, 5) is 29.2. The zero-order chi connectivity index (χ0) is 23.0. The number of aromatic nitrogens is 1. The lowest BCUT2D eigenvalue weighted by molar-refractivity contribution is -0.127. The molecule has 1 saturated heterocycles. The highest BCUT2D eigenvalue weighted by Gasteiger charge is 2.39. The molecule has 0 atom stereocenters. The van der Waals surface area contributed by atoms with Gasteiger partial charge in [-0.2, -0.15) is 0 Å². The number of carbonyl (C=O) groups is 2. The summed E-state index contributed by atoms with van der Waals surface area (Å²) in [5, 5.41) is 18.7. The Bertz CT molecular complexity index is 1070. The maximum atomic E-state index is 13.4. The zero-order valence-corrected chi connectivity index (χ0v) is 19.1. The fourth-order valence-electron chi connectivity index (χ4n) is 3.98. The van der Waals surface area contributed by atoms with E-state index in [1.54, 1.807) is 25.1 Å². The van der Waals surface area contributed by atoms with Gasteiger partial charge in [0.05, 0.1) is 5.69 Å². The Morgan fingerprint density at radius 3 is 2.16 bits per heavy atom. The average molecular weight is 442 g/mol. The van der Waals surface area contributed by atoms with Crippen LogP contribution in [-0.2, 0) is 9.59 Å². The molecule has 31 heavy (non-hydrogen) atoms. The first kappa shape index (κ1) is 22.9. The molecule has 2 aromatic rings. The molecule has 8 heteroatoms. The van der Waals surface area contributed by atoms with E-state index >= 15 is 0 Å². The second-order valence-corrected chi connectivity index (χ2v) is 8.15. The fourth-order valence-corrected chi connectivity index (χ4v) is 4.38. The standard InChI is InChI=1S/C23H27N3O4S/c1-6-24-20(27)19(12-17-11-14(4)25(13(2)3)15(17)5)21(28)26(23(24)31)18-9-7-16(8-10-18)22(29)30/h7-13,22,29-30H,6H2,1-5H3. The lowest BCUT2D eigenvalue weighted by Gasteiger charge is -2.36. The summed E-state index contributed by atoms with van der Waals surface area (Å²) in [5.41, 5.74) is 3.61. The van der Waals surface area contributed by atoms with E-state index in [9.17, 15) is 19.8 Å². The van der Waals surface area contributed by atoms with Crippen LogP contribution in [0.25, 0.3) is 6.08 Å². The molecule has 0 aliphatic carbocycles. The van der Waals surface area contributed by atoms with E-state index in [-0.39, 0.29) is 16.7 Å². The minimum Gasteiger partial charge on any atom is -0.364 e. The highest BCUT2D eigenvalue weighted by Crippen LogP contribution is 2.29. The van der Waals surface area contributed by atoms with Crippen molar-refractivity contribution in [2.45, 2.75) is 47.0 Å². The molecule has 2 N–H and O–H groups in total. The number of carbonyl (C=O) groups excluding carboxylic acids is 2. The first-order valence-corrected chi connectivity index (χ1v) is 10.6. The number of thiocarbonyl (C=S) groups is 1. The molecule has 1 aromatic heterocycles. The molecule has 7 nitrogen and oxygen atoms in total. The minimum atomic E-state index is -1.61. The Morgan fingerprint density at radius 1 is 1.06 bits per heavy atom. The first-order chi connectivity index (χ1) is 14.6. The van der Waals surface area contributed by atoms with Crippen molar-refractivity contribution >= 4 is 40.9 Å². The van der Waals surface area contributed by atoms with Crippen LogP contribution in [-0.4, -0.2) is 43.2 Å². The number of rotatable bonds is 5. The molecular weight excluding hydrogens is 414 g/mol. The van der Waals surface area contributed by atoms with Gasteiger partial charge in [-0.05, 0) is 76.7 Å². The largest absolute Gasteiger partial charge is 0.364 e. The average Bonchev–Trinajstić information content (AvgIpc) is 2.99. The van der Waals surface area contributed by atoms with Crippen LogP contribution in [0, 0.1) is 13.8 Å². The van der Waals surface area contributed by atoms with Crippen LogP contribution >= 0.6 is 12.2 Å². The van der Waals surface area contributed by atoms with Gasteiger partial charge in [0.15, 0.2) is 11.4 Å². The topological polar surface area (TPSA) is 86.0 Å². The summed E-state index contributed by atoms with van der Waals surface area (Å²) in [6.45, 7) is 10.2. The van der Waals surface area contributed by atoms with Crippen molar-refractivity contribution in [1.29, 1.82) is 0 Å². The summed E-state index contributed by atoms with van der Waals surface area (Å²) in [6, 6.07) is 8.37. The quantitative estimate of drug-likeness (QED) is 0.322. The van der Waals surface area contributed by atoms with Gasteiger partial charge >= 0.3 is 0 Å². The number of nitrogens with zero attached hydrogens (tertiary/aromatic N) is 3. The van der Waals surface area contributed by atoms with E-state index in [1.807, 2.05) is 19.9 Å². The van der Waals surface area contributed by atoms with E-state index in [1.165, 1.54) is 21.9 Å². The van der Waals surface area contributed by atoms with Crippen LogP contribution in [0.5, 0.6) is 0 Å². The number of anilines is 1. The zero-order valence-electron chi connectivity index (χ0n) is 18.3. The van der Waals surface area contributed by atoms with Gasteiger partial charge in [0, 0.05) is 29.5 Å². The van der Waals surface area contributed by atoms with Crippen LogP contribution in [0.4, 0.5) is 5.69 Å². The second-order valence-electron chi connectivity index (χ2n) is 7.79. The molecule has 0 saturated carbocycles. The predicted octanol–water partition coefficient (Wildman–Crippen LogP) is 3.23. The Kier molecular flexibility index (Phi) is 6.45. The molecule has 164 valence electrons. The smallest absolute Gasteiger partial charge is 0.270 e. The van der Waals surface area contributed by atoms with Crippen molar-refractivity contribution < 1.29 is 19.8 Å². The minimum absolute atomic E-state index is 0.0331. The van der Waals surface area contributed by atoms with Crippen LogP contribution in [0.1, 0.15) is 55.6 Å². The second kappa shape index (κ2) is 8.74. The van der Waals surface area contributed by atoms with Gasteiger partial charge in [-0.1, -0.05) is 12.1 Å². The third-order valence-corrected chi connectivity index (χ3v) is 5.84. The number of hydrogen-bond acceptors (Lipinski definition) is 5. The van der Waals surface area contributed by atoms with Gasteiger partial charge in [0.25, 0.3) is 11.8 Å². The molecule has 1 aromatic carbocycles. The summed E-state index contributed by atoms with van der Waals surface area (Å²) in [6.07, 6.45) is 0.0215. The molecule has 2 amide bonds. The number of hydrogen-bond donors (Lipinski definition) is 2.